The number of rotatable bonds is 8. The second kappa shape index (κ2) is 11.5. The standard InChI is InChI=1S/C26H36N6O5S/c1-26(2,3)19-9-13-22(14-10-19)38(36,37)29-23(16-18-7-11-20(12-8-18)32(34)35)24(33)30(4)21-6-5-15-31(17-21)25(27)28/h7-14,21,23,29H,5-6,15-17H2,1-4H3,(H3,27,28). The van der Waals surface area contributed by atoms with Crippen LogP contribution in [0, 0.1) is 15.5 Å². The molecule has 206 valence electrons. The second-order valence-electron chi connectivity index (χ2n) is 10.7. The molecule has 0 bridgehead atoms. The fourth-order valence-corrected chi connectivity index (χ4v) is 5.66. The van der Waals surface area contributed by atoms with Crippen LogP contribution in [0.3, 0.4) is 0 Å². The minimum atomic E-state index is -4.07. The van der Waals surface area contributed by atoms with Crippen LogP contribution in [0.5, 0.6) is 0 Å². The number of likely N-dealkylation sites (N-methyl/N-ethyl adjacent to an activating group) is 1. The molecular weight excluding hydrogens is 508 g/mol. The van der Waals surface area contributed by atoms with Gasteiger partial charge in [-0.15, -0.1) is 0 Å². The summed E-state index contributed by atoms with van der Waals surface area (Å²) >= 11 is 0. The van der Waals surface area contributed by atoms with Crippen LogP contribution in [0.1, 0.15) is 44.7 Å². The summed E-state index contributed by atoms with van der Waals surface area (Å²) in [5, 5.41) is 18.8. The van der Waals surface area contributed by atoms with Gasteiger partial charge in [-0.05, 0) is 47.9 Å². The monoisotopic (exact) mass is 544 g/mol. The van der Waals surface area contributed by atoms with Crippen molar-refractivity contribution in [3.05, 3.63) is 69.8 Å². The number of nitrogens with zero attached hydrogens (tertiary/aromatic N) is 3. The number of nitro groups is 1. The van der Waals surface area contributed by atoms with Gasteiger partial charge in [-0.1, -0.05) is 45.0 Å². The highest BCUT2D eigenvalue weighted by Crippen LogP contribution is 2.24. The van der Waals surface area contributed by atoms with Crippen molar-refractivity contribution in [2.75, 3.05) is 20.1 Å². The molecule has 2 aromatic carbocycles. The summed E-state index contributed by atoms with van der Waals surface area (Å²) < 4.78 is 29.3. The largest absolute Gasteiger partial charge is 0.370 e. The number of guanidine groups is 1. The minimum Gasteiger partial charge on any atom is -0.370 e. The molecule has 12 heteroatoms. The Kier molecular flexibility index (Phi) is 8.78. The molecular formula is C26H36N6O5S. The van der Waals surface area contributed by atoms with Gasteiger partial charge in [0.05, 0.1) is 9.82 Å². The van der Waals surface area contributed by atoms with E-state index in [2.05, 4.69) is 4.72 Å². The Morgan fingerprint density at radius 1 is 1.21 bits per heavy atom. The van der Waals surface area contributed by atoms with Gasteiger partial charge >= 0.3 is 0 Å². The maximum atomic E-state index is 13.7. The predicted molar refractivity (Wildman–Crippen MR) is 145 cm³/mol. The third-order valence-corrected chi connectivity index (χ3v) is 8.33. The highest BCUT2D eigenvalue weighted by molar-refractivity contribution is 7.89. The number of hydrogen-bond donors (Lipinski definition) is 3. The number of sulfonamides is 1. The Balaban J connectivity index is 1.89. The van der Waals surface area contributed by atoms with E-state index < -0.39 is 26.9 Å². The third kappa shape index (κ3) is 7.07. The van der Waals surface area contributed by atoms with Crippen molar-refractivity contribution in [1.82, 2.24) is 14.5 Å². The van der Waals surface area contributed by atoms with Crippen molar-refractivity contribution < 1.29 is 18.1 Å². The predicted octanol–water partition coefficient (Wildman–Crippen LogP) is 2.60. The molecule has 11 nitrogen and oxygen atoms in total. The van der Waals surface area contributed by atoms with Gasteiger partial charge < -0.3 is 15.5 Å². The molecule has 1 aliphatic heterocycles. The summed E-state index contributed by atoms with van der Waals surface area (Å²) in [6, 6.07) is 10.8. The number of amides is 1. The first kappa shape index (κ1) is 29.1. The van der Waals surface area contributed by atoms with Gasteiger partial charge in [-0.2, -0.15) is 4.72 Å². The molecule has 2 aromatic rings. The summed E-state index contributed by atoms with van der Waals surface area (Å²) in [6.45, 7) is 7.09. The average molecular weight is 545 g/mol. The third-order valence-electron chi connectivity index (χ3n) is 6.85. The van der Waals surface area contributed by atoms with Gasteiger partial charge in [-0.25, -0.2) is 8.42 Å². The Labute approximate surface area is 223 Å². The van der Waals surface area contributed by atoms with Crippen LogP contribution in [-0.4, -0.2) is 67.2 Å². The van der Waals surface area contributed by atoms with E-state index in [0.29, 0.717) is 25.1 Å². The molecule has 0 spiro atoms. The van der Waals surface area contributed by atoms with E-state index in [1.807, 2.05) is 20.8 Å². The number of non-ortho nitro benzene ring substituents is 1. The molecule has 0 radical (unpaired) electrons. The Morgan fingerprint density at radius 3 is 2.34 bits per heavy atom. The van der Waals surface area contributed by atoms with Crippen LogP contribution >= 0.6 is 0 Å². The fraction of sp³-hybridized carbons (Fsp3) is 0.462. The summed E-state index contributed by atoms with van der Waals surface area (Å²) in [4.78, 5) is 27.4. The lowest BCUT2D eigenvalue weighted by molar-refractivity contribution is -0.384. The highest BCUT2D eigenvalue weighted by atomic mass is 32.2. The van der Waals surface area contributed by atoms with Crippen molar-refractivity contribution >= 4 is 27.6 Å². The second-order valence-corrected chi connectivity index (χ2v) is 12.4. The summed E-state index contributed by atoms with van der Waals surface area (Å²) in [6.07, 6.45) is 1.43. The highest BCUT2D eigenvalue weighted by Gasteiger charge is 2.33. The van der Waals surface area contributed by atoms with Crippen LogP contribution < -0.4 is 10.5 Å². The van der Waals surface area contributed by atoms with Crippen LogP contribution in [0.2, 0.25) is 0 Å². The van der Waals surface area contributed by atoms with E-state index >= 15 is 0 Å². The van der Waals surface area contributed by atoms with Crippen molar-refractivity contribution in [3.63, 3.8) is 0 Å². The van der Waals surface area contributed by atoms with Crippen LogP contribution in [0.25, 0.3) is 0 Å². The van der Waals surface area contributed by atoms with Crippen LogP contribution in [0.15, 0.2) is 53.4 Å². The number of carbonyl (C=O) groups is 1. The number of benzene rings is 2. The van der Waals surface area contributed by atoms with Crippen LogP contribution in [0.4, 0.5) is 5.69 Å². The first-order valence-corrected chi connectivity index (χ1v) is 13.9. The molecule has 0 aromatic heterocycles. The number of carbonyl (C=O) groups excluding carboxylic acids is 1. The van der Waals surface area contributed by atoms with Crippen molar-refractivity contribution in [2.45, 2.75) is 62.4 Å². The molecule has 1 amide bonds. The van der Waals surface area contributed by atoms with Gasteiger partial charge in [0.25, 0.3) is 5.69 Å². The van der Waals surface area contributed by atoms with E-state index in [-0.39, 0.29) is 34.4 Å². The zero-order valence-corrected chi connectivity index (χ0v) is 23.0. The molecule has 1 saturated heterocycles. The van der Waals surface area contributed by atoms with Gasteiger partial charge in [0.2, 0.25) is 15.9 Å². The Bertz CT molecular complexity index is 1270. The van der Waals surface area contributed by atoms with E-state index in [1.54, 1.807) is 24.1 Å². The lowest BCUT2D eigenvalue weighted by atomic mass is 9.87. The number of hydrogen-bond acceptors (Lipinski definition) is 6. The van der Waals surface area contributed by atoms with Gasteiger partial charge in [0, 0.05) is 38.3 Å². The molecule has 3 rings (SSSR count). The average Bonchev–Trinajstić information content (AvgIpc) is 2.87. The molecule has 1 heterocycles. The van der Waals surface area contributed by atoms with Gasteiger partial charge in [-0.3, -0.25) is 20.3 Å². The smallest absolute Gasteiger partial charge is 0.269 e. The van der Waals surface area contributed by atoms with Crippen molar-refractivity contribution in [2.24, 2.45) is 5.73 Å². The lowest BCUT2D eigenvalue weighted by Crippen LogP contribution is -2.56. The molecule has 1 aliphatic rings. The summed E-state index contributed by atoms with van der Waals surface area (Å²) in [5.74, 6) is -0.508. The Morgan fingerprint density at radius 2 is 1.82 bits per heavy atom. The molecule has 4 N–H and O–H groups in total. The van der Waals surface area contributed by atoms with Crippen molar-refractivity contribution in [3.8, 4) is 0 Å². The SMILES string of the molecule is CN(C(=O)C(Cc1ccc([N+](=O)[O-])cc1)NS(=O)(=O)c1ccc(C(C)(C)C)cc1)C1CCCN(C(=N)N)C1. The maximum Gasteiger partial charge on any atom is 0.269 e. The normalized spacial score (nSPS) is 17.1. The number of likely N-dealkylation sites (tertiary alicyclic amines) is 1. The van der Waals surface area contributed by atoms with Gasteiger partial charge in [0.15, 0.2) is 5.96 Å². The van der Waals surface area contributed by atoms with Gasteiger partial charge in [0.1, 0.15) is 6.04 Å². The van der Waals surface area contributed by atoms with E-state index in [0.717, 1.165) is 12.0 Å². The quantitative estimate of drug-likeness (QED) is 0.199. The zero-order valence-electron chi connectivity index (χ0n) is 22.2. The minimum absolute atomic E-state index is 0.00359. The van der Waals surface area contributed by atoms with Crippen LogP contribution in [-0.2, 0) is 26.7 Å². The Hall–Kier alpha value is -3.51. The summed E-state index contributed by atoms with van der Waals surface area (Å²) in [5.41, 5.74) is 6.95. The molecule has 2 atom stereocenters. The number of nitrogens with two attached hydrogens (primary N) is 1. The summed E-state index contributed by atoms with van der Waals surface area (Å²) in [7, 11) is -2.45. The first-order valence-electron chi connectivity index (χ1n) is 12.4. The number of piperidine rings is 1. The molecule has 38 heavy (non-hydrogen) atoms. The first-order chi connectivity index (χ1) is 17.7. The van der Waals surface area contributed by atoms with E-state index in [1.165, 1.54) is 41.3 Å². The molecule has 0 saturated carbocycles. The molecule has 0 aliphatic carbocycles. The molecule has 1 fully saturated rings. The van der Waals surface area contributed by atoms with Crippen molar-refractivity contribution in [1.29, 1.82) is 5.41 Å². The number of nitro benzene ring substituents is 1. The fourth-order valence-electron chi connectivity index (χ4n) is 4.47. The maximum absolute atomic E-state index is 13.7. The van der Waals surface area contributed by atoms with E-state index in [9.17, 15) is 23.3 Å². The lowest BCUT2D eigenvalue weighted by Gasteiger charge is -2.39. The zero-order chi connectivity index (χ0) is 28.3. The molecule has 2 unspecified atom stereocenters. The van der Waals surface area contributed by atoms with E-state index in [4.69, 9.17) is 11.1 Å². The topological polar surface area (TPSA) is 163 Å². The number of nitrogens with one attached hydrogen (secondary N) is 2.